The topological polar surface area (TPSA) is 53.1 Å². The van der Waals surface area contributed by atoms with E-state index in [0.717, 1.165) is 35.8 Å². The lowest BCUT2D eigenvalue weighted by molar-refractivity contribution is -0.139. The second-order valence-corrected chi connectivity index (χ2v) is 11.6. The lowest BCUT2D eigenvalue weighted by Gasteiger charge is -2.37. The first kappa shape index (κ1) is 29.6. The van der Waals surface area contributed by atoms with Gasteiger partial charge in [0.05, 0.1) is 5.56 Å². The van der Waals surface area contributed by atoms with Crippen LogP contribution in [0, 0.1) is 0 Å². The van der Waals surface area contributed by atoms with Crippen molar-refractivity contribution in [2.75, 3.05) is 26.7 Å². The normalized spacial score (nSPS) is 17.1. The Hall–Kier alpha value is -3.33. The van der Waals surface area contributed by atoms with Crippen molar-refractivity contribution in [3.05, 3.63) is 76.4 Å². The minimum atomic E-state index is -4.50. The monoisotopic (exact) mass is 557 g/mol. The Morgan fingerprint density at radius 3 is 2.40 bits per heavy atom. The number of hydrogen-bond acceptors (Lipinski definition) is 4. The van der Waals surface area contributed by atoms with Crippen molar-refractivity contribution in [1.29, 1.82) is 0 Å². The number of piperidine rings is 1. The van der Waals surface area contributed by atoms with Crippen LogP contribution in [0.1, 0.15) is 61.4 Å². The zero-order valence-electron chi connectivity index (χ0n) is 23.6. The molecule has 0 radical (unpaired) electrons. The standard InChI is InChI=1S/C31H38F3N3O3/c1-30(2,3)40-29(39)36-19-16-26-22(9-7-10-23(26)20-36)12-13-28(38)37(25-14-17-35(4)18-15-25)21-24-8-5-6-11-27(24)31(32,33)34/h5-13,25H,14-21H2,1-4H3/b13-12+. The predicted octanol–water partition coefficient (Wildman–Crippen LogP) is 6.13. The van der Waals surface area contributed by atoms with Crippen LogP contribution in [0.3, 0.4) is 0 Å². The highest BCUT2D eigenvalue weighted by Gasteiger charge is 2.35. The molecule has 2 aliphatic rings. The van der Waals surface area contributed by atoms with Gasteiger partial charge in [-0.1, -0.05) is 36.4 Å². The fourth-order valence-electron chi connectivity index (χ4n) is 5.35. The van der Waals surface area contributed by atoms with Gasteiger partial charge in [0.2, 0.25) is 5.91 Å². The third-order valence-corrected chi connectivity index (χ3v) is 7.43. The summed E-state index contributed by atoms with van der Waals surface area (Å²) >= 11 is 0. The number of halogens is 3. The van der Waals surface area contributed by atoms with E-state index in [2.05, 4.69) is 4.90 Å². The van der Waals surface area contributed by atoms with Gasteiger partial charge in [0.25, 0.3) is 0 Å². The highest BCUT2D eigenvalue weighted by molar-refractivity contribution is 5.92. The summed E-state index contributed by atoms with van der Waals surface area (Å²) in [5, 5.41) is 0. The highest BCUT2D eigenvalue weighted by atomic mass is 19.4. The summed E-state index contributed by atoms with van der Waals surface area (Å²) < 4.78 is 46.7. The van der Waals surface area contributed by atoms with Crippen molar-refractivity contribution < 1.29 is 27.5 Å². The van der Waals surface area contributed by atoms with Crippen molar-refractivity contribution in [2.45, 2.75) is 70.9 Å². The summed E-state index contributed by atoms with van der Waals surface area (Å²) in [5.74, 6) is -0.310. The van der Waals surface area contributed by atoms with Crippen LogP contribution in [0.25, 0.3) is 6.08 Å². The van der Waals surface area contributed by atoms with E-state index in [1.807, 2.05) is 46.0 Å². The van der Waals surface area contributed by atoms with Gasteiger partial charge in [-0.05, 0) is 94.6 Å². The first-order valence-electron chi connectivity index (χ1n) is 13.7. The van der Waals surface area contributed by atoms with Crippen molar-refractivity contribution in [3.63, 3.8) is 0 Å². The van der Waals surface area contributed by atoms with Gasteiger partial charge >= 0.3 is 12.3 Å². The van der Waals surface area contributed by atoms with Gasteiger partial charge in [0.1, 0.15) is 5.60 Å². The van der Waals surface area contributed by atoms with E-state index >= 15 is 0 Å². The molecule has 1 saturated heterocycles. The molecule has 40 heavy (non-hydrogen) atoms. The number of amides is 2. The van der Waals surface area contributed by atoms with E-state index in [1.54, 1.807) is 21.9 Å². The van der Waals surface area contributed by atoms with Crippen LogP contribution < -0.4 is 0 Å². The van der Waals surface area contributed by atoms with Gasteiger partial charge in [0.15, 0.2) is 0 Å². The fourth-order valence-corrected chi connectivity index (χ4v) is 5.35. The zero-order chi connectivity index (χ0) is 29.1. The molecular formula is C31H38F3N3O3. The Bertz CT molecular complexity index is 1240. The summed E-state index contributed by atoms with van der Waals surface area (Å²) in [6.45, 7) is 7.86. The molecule has 9 heteroatoms. The van der Waals surface area contributed by atoms with Crippen LogP contribution in [0.5, 0.6) is 0 Å². The first-order chi connectivity index (χ1) is 18.8. The maximum Gasteiger partial charge on any atom is 0.416 e. The number of ether oxygens (including phenoxy) is 1. The molecule has 6 nitrogen and oxygen atoms in total. The average Bonchev–Trinajstić information content (AvgIpc) is 2.89. The van der Waals surface area contributed by atoms with Crippen LogP contribution in [-0.2, 0) is 35.2 Å². The van der Waals surface area contributed by atoms with E-state index in [0.29, 0.717) is 32.4 Å². The number of alkyl halides is 3. The molecule has 0 saturated carbocycles. The number of rotatable bonds is 5. The Labute approximate surface area is 234 Å². The number of fused-ring (bicyclic) bond motifs is 1. The van der Waals surface area contributed by atoms with E-state index in [-0.39, 0.29) is 30.2 Å². The average molecular weight is 558 g/mol. The van der Waals surface area contributed by atoms with Crippen LogP contribution in [-0.4, -0.2) is 65.0 Å². The molecule has 1 fully saturated rings. The fraction of sp³-hybridized carbons (Fsp3) is 0.484. The number of likely N-dealkylation sites (tertiary alicyclic amines) is 1. The number of hydrogen-bond donors (Lipinski definition) is 0. The Morgan fingerprint density at radius 1 is 1.02 bits per heavy atom. The van der Waals surface area contributed by atoms with E-state index in [1.165, 1.54) is 18.2 Å². The van der Waals surface area contributed by atoms with E-state index in [9.17, 15) is 22.8 Å². The molecule has 0 N–H and O–H groups in total. The molecule has 2 aromatic rings. The minimum Gasteiger partial charge on any atom is -0.444 e. The number of carbonyl (C=O) groups is 2. The molecule has 0 aliphatic carbocycles. The SMILES string of the molecule is CN1CCC(N(Cc2ccccc2C(F)(F)F)C(=O)/C=C/c2cccc3c2CCN(C(=O)OC(C)(C)C)C3)CC1. The maximum atomic E-state index is 13.7. The minimum absolute atomic E-state index is 0.0926. The third kappa shape index (κ3) is 7.44. The largest absolute Gasteiger partial charge is 0.444 e. The Morgan fingerprint density at radius 2 is 1.73 bits per heavy atom. The third-order valence-electron chi connectivity index (χ3n) is 7.43. The van der Waals surface area contributed by atoms with Gasteiger partial charge < -0.3 is 19.4 Å². The predicted molar refractivity (Wildman–Crippen MR) is 148 cm³/mol. The van der Waals surface area contributed by atoms with Gasteiger partial charge in [-0.25, -0.2) is 4.79 Å². The molecule has 0 unspecified atom stereocenters. The summed E-state index contributed by atoms with van der Waals surface area (Å²) in [6, 6.07) is 11.1. The van der Waals surface area contributed by atoms with Crippen molar-refractivity contribution >= 4 is 18.1 Å². The molecule has 4 rings (SSSR count). The number of nitrogens with zero attached hydrogens (tertiary/aromatic N) is 3. The van der Waals surface area contributed by atoms with Crippen molar-refractivity contribution in [3.8, 4) is 0 Å². The number of benzene rings is 2. The van der Waals surface area contributed by atoms with Gasteiger partial charge in [-0.3, -0.25) is 4.79 Å². The highest BCUT2D eigenvalue weighted by Crippen LogP contribution is 2.33. The second-order valence-electron chi connectivity index (χ2n) is 11.6. The first-order valence-corrected chi connectivity index (χ1v) is 13.7. The molecule has 2 amide bonds. The molecule has 0 aromatic heterocycles. The lowest BCUT2D eigenvalue weighted by atomic mass is 9.94. The summed E-state index contributed by atoms with van der Waals surface area (Å²) in [7, 11) is 2.00. The lowest BCUT2D eigenvalue weighted by Crippen LogP contribution is -2.45. The maximum absolute atomic E-state index is 13.7. The smallest absolute Gasteiger partial charge is 0.416 e. The molecule has 216 valence electrons. The van der Waals surface area contributed by atoms with Crippen LogP contribution in [0.2, 0.25) is 0 Å². The molecule has 2 heterocycles. The summed E-state index contributed by atoms with van der Waals surface area (Å²) in [4.78, 5) is 31.6. The molecular weight excluding hydrogens is 519 g/mol. The summed E-state index contributed by atoms with van der Waals surface area (Å²) in [5.41, 5.74) is 1.71. The molecule has 0 bridgehead atoms. The zero-order valence-corrected chi connectivity index (χ0v) is 23.6. The molecule has 2 aliphatic heterocycles. The molecule has 0 spiro atoms. The van der Waals surface area contributed by atoms with Gasteiger partial charge in [0, 0.05) is 31.8 Å². The Balaban J connectivity index is 1.55. The quantitative estimate of drug-likeness (QED) is 0.415. The number of carbonyl (C=O) groups excluding carboxylic acids is 2. The van der Waals surface area contributed by atoms with Crippen molar-refractivity contribution in [2.24, 2.45) is 0 Å². The second kappa shape index (κ2) is 12.0. The summed E-state index contributed by atoms with van der Waals surface area (Å²) in [6.07, 6.45) is 0.385. The van der Waals surface area contributed by atoms with Crippen LogP contribution in [0.4, 0.5) is 18.0 Å². The Kier molecular flexibility index (Phi) is 8.93. The van der Waals surface area contributed by atoms with E-state index < -0.39 is 17.3 Å². The van der Waals surface area contributed by atoms with Gasteiger partial charge in [-0.2, -0.15) is 13.2 Å². The van der Waals surface area contributed by atoms with Gasteiger partial charge in [-0.15, -0.1) is 0 Å². The van der Waals surface area contributed by atoms with Crippen molar-refractivity contribution in [1.82, 2.24) is 14.7 Å². The molecule has 0 atom stereocenters. The van der Waals surface area contributed by atoms with Crippen LogP contribution >= 0.6 is 0 Å². The van der Waals surface area contributed by atoms with Crippen LogP contribution in [0.15, 0.2) is 48.5 Å². The molecule has 2 aromatic carbocycles. The van der Waals surface area contributed by atoms with E-state index in [4.69, 9.17) is 4.74 Å².